The number of H-pyrrole nitrogens is 2. The van der Waals surface area contributed by atoms with Gasteiger partial charge < -0.3 is 30.0 Å². The number of rotatable bonds is 8. The second kappa shape index (κ2) is 11.1. The maximum absolute atomic E-state index is 13.3. The number of ether oxygens (including phenoxy) is 1. The summed E-state index contributed by atoms with van der Waals surface area (Å²) in [4.78, 5) is 53.6. The van der Waals surface area contributed by atoms with Crippen LogP contribution in [0.25, 0.3) is 22.4 Å². The van der Waals surface area contributed by atoms with E-state index < -0.39 is 6.10 Å². The minimum atomic E-state index is -0.848. The van der Waals surface area contributed by atoms with Crippen molar-refractivity contribution in [1.82, 2.24) is 24.8 Å². The minimum absolute atomic E-state index is 0.0735. The summed E-state index contributed by atoms with van der Waals surface area (Å²) in [5.41, 5.74) is 4.01. The number of anilines is 1. The largest absolute Gasteiger partial charge is 0.490 e. The molecule has 1 saturated heterocycles. The Kier molecular flexibility index (Phi) is 7.29. The quantitative estimate of drug-likeness (QED) is 0.237. The Morgan fingerprint density at radius 3 is 2.48 bits per heavy atom. The molecule has 11 heteroatoms. The van der Waals surface area contributed by atoms with Crippen LogP contribution in [0.5, 0.6) is 5.75 Å². The van der Waals surface area contributed by atoms with Gasteiger partial charge in [0.25, 0.3) is 17.4 Å². The summed E-state index contributed by atoms with van der Waals surface area (Å²) in [6, 6.07) is 10.7. The Bertz CT molecular complexity index is 1660. The van der Waals surface area contributed by atoms with Crippen molar-refractivity contribution in [3.63, 3.8) is 0 Å². The van der Waals surface area contributed by atoms with Crippen LogP contribution in [0.15, 0.2) is 47.4 Å². The predicted molar refractivity (Wildman–Crippen MR) is 159 cm³/mol. The molecule has 6 rings (SSSR count). The van der Waals surface area contributed by atoms with Crippen LogP contribution in [0.1, 0.15) is 44.7 Å². The number of hydrogen-bond donors (Lipinski definition) is 4. The van der Waals surface area contributed by atoms with Gasteiger partial charge in [0, 0.05) is 18.8 Å². The number of hydrogen-bond acceptors (Lipinski definition) is 8. The Morgan fingerprint density at radius 1 is 1.07 bits per heavy atom. The van der Waals surface area contributed by atoms with E-state index in [1.54, 1.807) is 18.2 Å². The zero-order valence-electron chi connectivity index (χ0n) is 23.9. The van der Waals surface area contributed by atoms with Gasteiger partial charge in [-0.2, -0.15) is 0 Å². The number of imide groups is 1. The van der Waals surface area contributed by atoms with Crippen molar-refractivity contribution in [1.29, 1.82) is 0 Å². The van der Waals surface area contributed by atoms with Crippen LogP contribution in [0.2, 0.25) is 0 Å². The summed E-state index contributed by atoms with van der Waals surface area (Å²) in [7, 11) is 2.03. The van der Waals surface area contributed by atoms with Gasteiger partial charge in [0.2, 0.25) is 0 Å². The van der Waals surface area contributed by atoms with E-state index in [1.165, 1.54) is 11.1 Å². The highest BCUT2D eigenvalue weighted by Gasteiger charge is 2.41. The maximum Gasteiger partial charge on any atom is 0.261 e. The third-order valence-corrected chi connectivity index (χ3v) is 8.13. The van der Waals surface area contributed by atoms with Gasteiger partial charge in [-0.3, -0.25) is 19.3 Å². The molecular weight excluding hydrogens is 536 g/mol. The van der Waals surface area contributed by atoms with Crippen molar-refractivity contribution in [2.45, 2.75) is 38.8 Å². The fourth-order valence-corrected chi connectivity index (χ4v) is 5.82. The zero-order valence-corrected chi connectivity index (χ0v) is 23.9. The number of aryl methyl sites for hydroxylation is 2. The van der Waals surface area contributed by atoms with Gasteiger partial charge in [-0.1, -0.05) is 18.2 Å². The molecule has 4 aromatic rings. The molecule has 42 heavy (non-hydrogen) atoms. The Labute approximate surface area is 242 Å². The summed E-state index contributed by atoms with van der Waals surface area (Å²) in [5, 5.41) is 13.7. The summed E-state index contributed by atoms with van der Waals surface area (Å²) >= 11 is 0. The van der Waals surface area contributed by atoms with E-state index in [1.807, 2.05) is 39.1 Å². The number of piperidine rings is 1. The number of aliphatic hydroxyl groups is 1. The van der Waals surface area contributed by atoms with Crippen LogP contribution >= 0.6 is 0 Å². The molecule has 0 radical (unpaired) electrons. The lowest BCUT2D eigenvalue weighted by atomic mass is 10.0. The van der Waals surface area contributed by atoms with Crippen molar-refractivity contribution in [2.75, 3.05) is 38.6 Å². The normalized spacial score (nSPS) is 16.7. The van der Waals surface area contributed by atoms with Crippen LogP contribution < -0.4 is 15.6 Å². The number of benzene rings is 2. The van der Waals surface area contributed by atoms with E-state index in [2.05, 4.69) is 25.2 Å². The first-order valence-electron chi connectivity index (χ1n) is 14.1. The highest BCUT2D eigenvalue weighted by atomic mass is 16.5. The first-order valence-corrected chi connectivity index (χ1v) is 14.1. The third-order valence-electron chi connectivity index (χ3n) is 8.13. The maximum atomic E-state index is 13.3. The number of para-hydroxylation sites is 1. The first-order chi connectivity index (χ1) is 20.2. The van der Waals surface area contributed by atoms with Crippen LogP contribution in [-0.2, 0) is 0 Å². The highest BCUT2D eigenvalue weighted by molar-refractivity contribution is 6.23. The van der Waals surface area contributed by atoms with E-state index >= 15 is 0 Å². The summed E-state index contributed by atoms with van der Waals surface area (Å²) in [6.45, 7) is 5.78. The number of pyridine rings is 1. The number of fused-ring (bicyclic) bond motifs is 2. The molecule has 11 nitrogen and oxygen atoms in total. The lowest BCUT2D eigenvalue weighted by Crippen LogP contribution is -2.46. The number of carbonyl (C=O) groups excluding carboxylic acids is 2. The summed E-state index contributed by atoms with van der Waals surface area (Å²) in [6.07, 6.45) is 2.17. The molecule has 1 unspecified atom stereocenters. The molecule has 2 aliphatic heterocycles. The molecule has 218 valence electrons. The van der Waals surface area contributed by atoms with Crippen molar-refractivity contribution in [3.05, 3.63) is 75.2 Å². The monoisotopic (exact) mass is 570 g/mol. The SMILES string of the molecule is Cc1cccc(C)c1OCC(O)CNc1cc[nH]c(=O)c1-c1nc2cc3c(cc2[nH]1)C(=O)N(C1CCN(C)CC1)C3=O. The molecule has 1 atom stereocenters. The topological polar surface area (TPSA) is 144 Å². The number of amides is 2. The number of imidazole rings is 1. The van der Waals surface area contributed by atoms with E-state index in [0.29, 0.717) is 27.8 Å². The molecule has 2 aromatic heterocycles. The molecule has 0 bridgehead atoms. The molecular formula is C31H34N6O5. The zero-order chi connectivity index (χ0) is 29.5. The lowest BCUT2D eigenvalue weighted by molar-refractivity contribution is 0.0516. The Morgan fingerprint density at radius 2 is 1.76 bits per heavy atom. The lowest BCUT2D eigenvalue weighted by Gasteiger charge is -2.33. The second-order valence-electron chi connectivity index (χ2n) is 11.2. The van der Waals surface area contributed by atoms with Crippen LogP contribution in [0.3, 0.4) is 0 Å². The van der Waals surface area contributed by atoms with E-state index in [9.17, 15) is 19.5 Å². The Hall–Kier alpha value is -4.48. The number of carbonyl (C=O) groups is 2. The smallest absolute Gasteiger partial charge is 0.261 e. The Balaban J connectivity index is 1.21. The number of nitrogens with one attached hydrogen (secondary N) is 3. The van der Waals surface area contributed by atoms with Crippen molar-refractivity contribution in [2.24, 2.45) is 0 Å². The van der Waals surface area contributed by atoms with Crippen molar-refractivity contribution in [3.8, 4) is 17.1 Å². The molecule has 0 spiro atoms. The number of aromatic nitrogens is 3. The fourth-order valence-electron chi connectivity index (χ4n) is 5.82. The number of aromatic amines is 2. The second-order valence-corrected chi connectivity index (χ2v) is 11.2. The molecule has 4 N–H and O–H groups in total. The van der Waals surface area contributed by atoms with Crippen LogP contribution in [0.4, 0.5) is 5.69 Å². The molecule has 0 aliphatic carbocycles. The van der Waals surface area contributed by atoms with Gasteiger partial charge >= 0.3 is 0 Å². The van der Waals surface area contributed by atoms with Crippen LogP contribution in [0, 0.1) is 13.8 Å². The number of nitrogens with zero attached hydrogens (tertiary/aromatic N) is 3. The van der Waals surface area contributed by atoms with Gasteiger partial charge in [0.05, 0.1) is 27.8 Å². The number of aliphatic hydroxyl groups excluding tert-OH is 1. The number of likely N-dealkylation sites (tertiary alicyclic amines) is 1. The van der Waals surface area contributed by atoms with E-state index in [4.69, 9.17) is 4.74 Å². The molecule has 2 aliphatic rings. The standard InChI is InChI=1S/C31H34N6O5/c1-17-5-4-6-18(2)27(17)42-16-20(38)15-33-23-7-10-32-29(39)26(23)28-34-24-13-21-22(14-25(24)35-28)31(41)37(30(21)40)19-8-11-36(3)12-9-19/h4-7,10,13-14,19-20,38H,8-9,11-12,15-16H2,1-3H3,(H,34,35)(H2,32,33,39). The minimum Gasteiger partial charge on any atom is -0.490 e. The van der Waals surface area contributed by atoms with Crippen molar-refractivity contribution >= 4 is 28.5 Å². The summed E-state index contributed by atoms with van der Waals surface area (Å²) in [5.74, 6) is 0.438. The molecule has 2 amide bonds. The van der Waals surface area contributed by atoms with Gasteiger partial charge in [-0.15, -0.1) is 0 Å². The van der Waals surface area contributed by atoms with Gasteiger partial charge in [-0.05, 0) is 76.2 Å². The predicted octanol–water partition coefficient (Wildman–Crippen LogP) is 3.08. The van der Waals surface area contributed by atoms with Gasteiger partial charge in [0.15, 0.2) is 0 Å². The van der Waals surface area contributed by atoms with E-state index in [0.717, 1.165) is 42.8 Å². The van der Waals surface area contributed by atoms with Gasteiger partial charge in [0.1, 0.15) is 29.8 Å². The average Bonchev–Trinajstić information content (AvgIpc) is 3.48. The third kappa shape index (κ3) is 5.05. The fraction of sp³-hybridized carbons (Fsp3) is 0.355. The molecule has 4 heterocycles. The molecule has 0 saturated carbocycles. The summed E-state index contributed by atoms with van der Waals surface area (Å²) < 4.78 is 5.87. The van der Waals surface area contributed by atoms with Gasteiger partial charge in [-0.25, -0.2) is 4.98 Å². The van der Waals surface area contributed by atoms with Crippen LogP contribution in [-0.4, -0.2) is 87.1 Å². The van der Waals surface area contributed by atoms with E-state index in [-0.39, 0.29) is 48.0 Å². The first kappa shape index (κ1) is 27.7. The highest BCUT2D eigenvalue weighted by Crippen LogP contribution is 2.32. The van der Waals surface area contributed by atoms with Crippen molar-refractivity contribution < 1.29 is 19.4 Å². The molecule has 2 aromatic carbocycles. The molecule has 1 fully saturated rings. The average molecular weight is 571 g/mol.